The van der Waals surface area contributed by atoms with E-state index in [4.69, 9.17) is 5.11 Å². The molecule has 0 amide bonds. The smallest absolute Gasteiger partial charge is 0.344 e. The molecule has 1 nitrogen and oxygen atoms in total. The van der Waals surface area contributed by atoms with Gasteiger partial charge in [-0.25, -0.2) is 8.78 Å². The molecule has 0 aliphatic rings. The van der Waals surface area contributed by atoms with Gasteiger partial charge in [0, 0.05) is 0 Å². The van der Waals surface area contributed by atoms with E-state index in [1.807, 2.05) is 0 Å². The number of rotatable bonds is 3. The van der Waals surface area contributed by atoms with Gasteiger partial charge in [0.15, 0.2) is 6.17 Å². The van der Waals surface area contributed by atoms with Crippen molar-refractivity contribution in [1.29, 1.82) is 0 Å². The van der Waals surface area contributed by atoms with Gasteiger partial charge in [0.2, 0.25) is 0 Å². The molecule has 0 radical (unpaired) electrons. The maximum Gasteiger partial charge on any atom is 0.344 e. The summed E-state index contributed by atoms with van der Waals surface area (Å²) >= 11 is 9.12. The summed E-state index contributed by atoms with van der Waals surface area (Å²) in [5.74, 6) is -4.82. The molecule has 1 rings (SSSR count). The molecular formula is C9H6Cl2F4O. The minimum atomic E-state index is -4.59. The summed E-state index contributed by atoms with van der Waals surface area (Å²) in [6.45, 7) is 0. The number of hydrogen-bond acceptors (Lipinski definition) is 1. The number of benzene rings is 1. The first-order valence-electron chi connectivity index (χ1n) is 4.04. The fraction of sp³-hybridized carbons (Fsp3) is 0.333. The highest BCUT2D eigenvalue weighted by atomic mass is 35.5. The molecule has 1 atom stereocenters. The minimum Gasteiger partial charge on any atom is -0.508 e. The molecule has 1 aromatic rings. The fourth-order valence-electron chi connectivity index (χ4n) is 0.996. The van der Waals surface area contributed by atoms with Crippen LogP contribution in [-0.2, 0) is 0 Å². The number of halogens is 6. The lowest BCUT2D eigenvalue weighted by atomic mass is 10.1. The Bertz CT molecular complexity index is 361. The van der Waals surface area contributed by atoms with E-state index in [1.165, 1.54) is 0 Å². The van der Waals surface area contributed by atoms with Crippen molar-refractivity contribution >= 4 is 23.2 Å². The third-order valence-electron chi connectivity index (χ3n) is 1.88. The number of hydrogen-bond donors (Lipinski definition) is 1. The Morgan fingerprint density at radius 3 is 1.88 bits per heavy atom. The van der Waals surface area contributed by atoms with Gasteiger partial charge in [-0.05, 0) is 17.7 Å². The van der Waals surface area contributed by atoms with E-state index in [0.717, 1.165) is 24.3 Å². The van der Waals surface area contributed by atoms with E-state index in [2.05, 4.69) is 23.2 Å². The molecule has 0 saturated heterocycles. The molecule has 0 aromatic heterocycles. The van der Waals surface area contributed by atoms with Crippen LogP contribution in [0.15, 0.2) is 24.3 Å². The first-order chi connectivity index (χ1) is 7.16. The first-order valence-corrected chi connectivity index (χ1v) is 4.79. The molecular weight excluding hydrogens is 271 g/mol. The largest absolute Gasteiger partial charge is 0.508 e. The normalized spacial score (nSPS) is 14.9. The van der Waals surface area contributed by atoms with E-state index in [9.17, 15) is 17.6 Å². The van der Waals surface area contributed by atoms with Crippen LogP contribution in [0.5, 0.6) is 5.75 Å². The fourth-order valence-corrected chi connectivity index (χ4v) is 1.19. The van der Waals surface area contributed by atoms with Crippen molar-refractivity contribution in [3.8, 4) is 5.75 Å². The van der Waals surface area contributed by atoms with E-state index < -0.39 is 22.2 Å². The average Bonchev–Trinajstić information content (AvgIpc) is 2.16. The standard InChI is InChI=1S/C9H6Cl2F4O/c10-9(11,15)8(13,14)7(12)5-1-3-6(16)4-2-5/h1-4,7,16H. The molecule has 0 heterocycles. The van der Waals surface area contributed by atoms with Gasteiger partial charge < -0.3 is 5.11 Å². The van der Waals surface area contributed by atoms with Crippen LogP contribution in [-0.4, -0.2) is 15.6 Å². The Hall–Kier alpha value is -0.680. The van der Waals surface area contributed by atoms with Crippen molar-refractivity contribution in [3.05, 3.63) is 29.8 Å². The van der Waals surface area contributed by atoms with Gasteiger partial charge in [0.05, 0.1) is 0 Å². The summed E-state index contributed by atoms with van der Waals surface area (Å²) in [6.07, 6.45) is -3.01. The maximum absolute atomic E-state index is 13.3. The lowest BCUT2D eigenvalue weighted by Gasteiger charge is -2.25. The number of alkyl halides is 6. The van der Waals surface area contributed by atoms with Crippen LogP contribution >= 0.6 is 23.2 Å². The molecule has 7 heteroatoms. The summed E-state index contributed by atoms with van der Waals surface area (Å²) in [6, 6.07) is 3.74. The van der Waals surface area contributed by atoms with E-state index >= 15 is 0 Å². The van der Waals surface area contributed by atoms with Crippen molar-refractivity contribution in [1.82, 2.24) is 0 Å². The number of phenolic OH excluding ortho intramolecular Hbond substituents is 1. The third kappa shape index (κ3) is 2.52. The van der Waals surface area contributed by atoms with Crippen LogP contribution in [0, 0.1) is 0 Å². The number of phenols is 1. The Kier molecular flexibility index (Phi) is 3.59. The van der Waals surface area contributed by atoms with Crippen LogP contribution < -0.4 is 0 Å². The van der Waals surface area contributed by atoms with Crippen molar-refractivity contribution < 1.29 is 22.7 Å². The van der Waals surface area contributed by atoms with E-state index in [0.29, 0.717) is 0 Å². The maximum atomic E-state index is 13.3. The van der Waals surface area contributed by atoms with Gasteiger partial charge in [-0.1, -0.05) is 35.3 Å². The van der Waals surface area contributed by atoms with Gasteiger partial charge in [0.1, 0.15) is 5.75 Å². The topological polar surface area (TPSA) is 20.2 Å². The molecule has 0 aliphatic carbocycles. The van der Waals surface area contributed by atoms with Crippen LogP contribution in [0.1, 0.15) is 11.7 Å². The van der Waals surface area contributed by atoms with Crippen LogP contribution in [0.2, 0.25) is 0 Å². The zero-order chi connectivity index (χ0) is 12.6. The second-order valence-electron chi connectivity index (χ2n) is 3.07. The Morgan fingerprint density at radius 2 is 1.50 bits per heavy atom. The second kappa shape index (κ2) is 4.30. The van der Waals surface area contributed by atoms with E-state index in [-0.39, 0.29) is 5.75 Å². The third-order valence-corrected chi connectivity index (χ3v) is 2.39. The van der Waals surface area contributed by atoms with Gasteiger partial charge in [0.25, 0.3) is 0 Å². The Morgan fingerprint density at radius 1 is 1.06 bits per heavy atom. The van der Waals surface area contributed by atoms with Crippen LogP contribution in [0.4, 0.5) is 17.6 Å². The summed E-state index contributed by atoms with van der Waals surface area (Å²) in [7, 11) is 0. The average molecular weight is 277 g/mol. The predicted octanol–water partition coefficient (Wildman–Crippen LogP) is 4.14. The molecule has 16 heavy (non-hydrogen) atoms. The van der Waals surface area contributed by atoms with Gasteiger partial charge in [-0.2, -0.15) is 8.78 Å². The summed E-state index contributed by atoms with van der Waals surface area (Å²) in [4.78, 5) is 0. The highest BCUT2D eigenvalue weighted by Gasteiger charge is 2.59. The lowest BCUT2D eigenvalue weighted by molar-refractivity contribution is -0.119. The summed E-state index contributed by atoms with van der Waals surface area (Å²) < 4.78 is 48.0. The molecule has 0 saturated carbocycles. The molecule has 1 aromatic carbocycles. The summed E-state index contributed by atoms with van der Waals surface area (Å²) in [5.41, 5.74) is -0.536. The zero-order valence-electron chi connectivity index (χ0n) is 7.60. The Labute approximate surface area is 98.6 Å². The van der Waals surface area contributed by atoms with Crippen molar-refractivity contribution in [2.75, 3.05) is 0 Å². The molecule has 1 unspecified atom stereocenters. The SMILES string of the molecule is Oc1ccc(C(F)C(F)(F)C(F)(Cl)Cl)cc1. The second-order valence-corrected chi connectivity index (χ2v) is 4.31. The van der Waals surface area contributed by atoms with Gasteiger partial charge in [-0.3, -0.25) is 0 Å². The van der Waals surface area contributed by atoms with E-state index in [1.54, 1.807) is 0 Å². The van der Waals surface area contributed by atoms with Crippen LogP contribution in [0.25, 0.3) is 0 Å². The Balaban J connectivity index is 3.02. The van der Waals surface area contributed by atoms with Crippen molar-refractivity contribution in [3.63, 3.8) is 0 Å². The molecule has 90 valence electrons. The first kappa shape index (κ1) is 13.4. The monoisotopic (exact) mass is 276 g/mol. The molecule has 0 bridgehead atoms. The zero-order valence-corrected chi connectivity index (χ0v) is 9.11. The lowest BCUT2D eigenvalue weighted by Crippen LogP contribution is -2.38. The van der Waals surface area contributed by atoms with Crippen molar-refractivity contribution in [2.45, 2.75) is 16.7 Å². The van der Waals surface area contributed by atoms with Gasteiger partial charge in [-0.15, -0.1) is 0 Å². The quantitative estimate of drug-likeness (QED) is 0.650. The van der Waals surface area contributed by atoms with Gasteiger partial charge >= 0.3 is 10.5 Å². The number of aromatic hydroxyl groups is 1. The summed E-state index contributed by atoms with van der Waals surface area (Å²) in [5, 5.41) is 8.86. The molecule has 0 spiro atoms. The predicted molar refractivity (Wildman–Crippen MR) is 52.4 cm³/mol. The highest BCUT2D eigenvalue weighted by Crippen LogP contribution is 2.49. The highest BCUT2D eigenvalue weighted by molar-refractivity contribution is 6.47. The van der Waals surface area contributed by atoms with Crippen LogP contribution in [0.3, 0.4) is 0 Å². The molecule has 1 N–H and O–H groups in total. The molecule has 0 aliphatic heterocycles. The molecule has 0 fully saturated rings. The van der Waals surface area contributed by atoms with Crippen molar-refractivity contribution in [2.24, 2.45) is 0 Å². The minimum absolute atomic E-state index is 0.234.